The second kappa shape index (κ2) is 11.0. The number of hydrogen-bond donors (Lipinski definition) is 2. The van der Waals surface area contributed by atoms with E-state index in [1.165, 1.54) is 6.08 Å². The Kier molecular flexibility index (Phi) is 10.3. The molecule has 2 N–H and O–H groups in total. The number of carbonyl (C=O) groups is 3. The minimum atomic E-state index is -2.40. The molecule has 7 nitrogen and oxygen atoms in total. The lowest BCUT2D eigenvalue weighted by Gasteiger charge is -2.43. The first-order chi connectivity index (χ1) is 13.5. The van der Waals surface area contributed by atoms with Crippen molar-refractivity contribution in [1.82, 2.24) is 10.6 Å². The van der Waals surface area contributed by atoms with Crippen LogP contribution in [0.15, 0.2) is 12.7 Å². The summed E-state index contributed by atoms with van der Waals surface area (Å²) in [6.45, 7) is 23.0. The standard InChI is InChI=1S/C22H42N2O5Si/c1-12-14-28-19(26)16(15(3)13-2)23-17(25)18(30(10,11)22(7,8)9)24-20(27)29-21(4,5)6/h12,15-16,18H,1,13-14H2,2-11H3,(H,23,25)(H,24,27)/t15-,16+,18?/m0/s1. The molecule has 0 aliphatic rings. The van der Waals surface area contributed by atoms with Crippen LogP contribution in [0.4, 0.5) is 4.79 Å². The zero-order chi connectivity index (χ0) is 23.9. The van der Waals surface area contributed by atoms with Crippen molar-refractivity contribution in [3.8, 4) is 0 Å². The molecule has 0 aromatic rings. The second-order valence-electron chi connectivity index (χ2n) is 10.3. The van der Waals surface area contributed by atoms with Crippen LogP contribution in [0.5, 0.6) is 0 Å². The van der Waals surface area contributed by atoms with Gasteiger partial charge in [-0.05, 0) is 31.7 Å². The number of alkyl carbamates (subject to hydrolysis) is 1. The third kappa shape index (κ3) is 8.50. The molecule has 0 bridgehead atoms. The van der Waals surface area contributed by atoms with Crippen LogP contribution in [0.3, 0.4) is 0 Å². The average molecular weight is 443 g/mol. The minimum Gasteiger partial charge on any atom is -0.460 e. The minimum absolute atomic E-state index is 0.0729. The zero-order valence-electron chi connectivity index (χ0n) is 20.5. The van der Waals surface area contributed by atoms with Gasteiger partial charge in [-0.25, -0.2) is 9.59 Å². The van der Waals surface area contributed by atoms with E-state index in [1.54, 1.807) is 20.8 Å². The monoisotopic (exact) mass is 442 g/mol. The van der Waals surface area contributed by atoms with Gasteiger partial charge in [-0.2, -0.15) is 0 Å². The van der Waals surface area contributed by atoms with Crippen molar-refractivity contribution in [3.05, 3.63) is 12.7 Å². The summed E-state index contributed by atoms with van der Waals surface area (Å²) in [6, 6.07) is -0.810. The van der Waals surface area contributed by atoms with Gasteiger partial charge in [0.2, 0.25) is 5.91 Å². The van der Waals surface area contributed by atoms with Gasteiger partial charge >= 0.3 is 12.1 Å². The highest BCUT2D eigenvalue weighted by Gasteiger charge is 2.48. The average Bonchev–Trinajstić information content (AvgIpc) is 2.58. The SMILES string of the molecule is C=CCOC(=O)[C@H](NC(=O)C(NC(=O)OC(C)(C)C)[Si](C)(C)C(C)(C)C)[C@@H](C)CC. The predicted molar refractivity (Wildman–Crippen MR) is 123 cm³/mol. The summed E-state index contributed by atoms with van der Waals surface area (Å²) in [7, 11) is -2.40. The number of carbonyl (C=O) groups excluding carboxylic acids is 3. The van der Waals surface area contributed by atoms with Crippen molar-refractivity contribution in [1.29, 1.82) is 0 Å². The van der Waals surface area contributed by atoms with E-state index < -0.39 is 43.4 Å². The number of rotatable bonds is 9. The maximum atomic E-state index is 13.4. The normalized spacial score (nSPS) is 15.4. The Bertz CT molecular complexity index is 620. The summed E-state index contributed by atoms with van der Waals surface area (Å²) in [5.74, 6) is -1.04. The molecule has 2 amide bonds. The molecule has 30 heavy (non-hydrogen) atoms. The van der Waals surface area contributed by atoms with Gasteiger partial charge in [0, 0.05) is 0 Å². The number of amides is 2. The van der Waals surface area contributed by atoms with Gasteiger partial charge in [0.15, 0.2) is 0 Å². The molecule has 0 saturated heterocycles. The molecule has 8 heteroatoms. The number of ether oxygens (including phenoxy) is 2. The summed E-state index contributed by atoms with van der Waals surface area (Å²) >= 11 is 0. The van der Waals surface area contributed by atoms with Crippen LogP contribution in [0, 0.1) is 5.92 Å². The fourth-order valence-corrected chi connectivity index (χ4v) is 4.65. The van der Waals surface area contributed by atoms with Gasteiger partial charge in [0.25, 0.3) is 0 Å². The second-order valence-corrected chi connectivity index (χ2v) is 15.9. The van der Waals surface area contributed by atoms with Gasteiger partial charge in [0.05, 0.1) is 8.07 Å². The van der Waals surface area contributed by atoms with Crippen molar-refractivity contribution in [2.45, 2.75) is 97.3 Å². The Morgan fingerprint density at radius 1 is 1.07 bits per heavy atom. The lowest BCUT2D eigenvalue weighted by atomic mass is 9.99. The lowest BCUT2D eigenvalue weighted by Crippen LogP contribution is -2.66. The van der Waals surface area contributed by atoms with Crippen LogP contribution in [0.1, 0.15) is 61.8 Å². The van der Waals surface area contributed by atoms with Crippen molar-refractivity contribution in [2.75, 3.05) is 6.61 Å². The third-order valence-electron chi connectivity index (χ3n) is 5.69. The van der Waals surface area contributed by atoms with E-state index in [4.69, 9.17) is 9.47 Å². The highest BCUT2D eigenvalue weighted by Crippen LogP contribution is 2.38. The molecule has 0 aliphatic heterocycles. The molecule has 0 fully saturated rings. The summed E-state index contributed by atoms with van der Waals surface area (Å²) < 4.78 is 10.6. The first kappa shape index (κ1) is 28.2. The predicted octanol–water partition coefficient (Wildman–Crippen LogP) is 4.19. The van der Waals surface area contributed by atoms with E-state index in [0.717, 1.165) is 0 Å². The van der Waals surface area contributed by atoms with E-state index in [0.29, 0.717) is 6.42 Å². The van der Waals surface area contributed by atoms with E-state index in [-0.39, 0.29) is 17.6 Å². The molecule has 0 aliphatic carbocycles. The number of hydrogen-bond acceptors (Lipinski definition) is 5. The Morgan fingerprint density at radius 2 is 1.60 bits per heavy atom. The summed E-state index contributed by atoms with van der Waals surface area (Å²) in [5.41, 5.74) is -1.47. The summed E-state index contributed by atoms with van der Waals surface area (Å²) in [6.07, 6.45) is 1.51. The number of nitrogens with one attached hydrogen (secondary N) is 2. The van der Waals surface area contributed by atoms with Gasteiger partial charge < -0.3 is 20.1 Å². The fourth-order valence-electron chi connectivity index (χ4n) is 2.57. The third-order valence-corrected chi connectivity index (χ3v) is 11.4. The first-order valence-corrected chi connectivity index (χ1v) is 13.6. The number of esters is 1. The topological polar surface area (TPSA) is 93.7 Å². The molecule has 0 radical (unpaired) electrons. The van der Waals surface area contributed by atoms with Gasteiger partial charge in [0.1, 0.15) is 23.9 Å². The molecule has 0 aromatic carbocycles. The van der Waals surface area contributed by atoms with Crippen LogP contribution in [-0.4, -0.2) is 50.0 Å². The molecule has 0 spiro atoms. The molecule has 1 unspecified atom stereocenters. The van der Waals surface area contributed by atoms with Crippen molar-refractivity contribution in [3.63, 3.8) is 0 Å². The van der Waals surface area contributed by atoms with Crippen LogP contribution in [-0.2, 0) is 19.1 Å². The highest BCUT2D eigenvalue weighted by molar-refractivity contribution is 6.84. The Labute approximate surface area is 183 Å². The van der Waals surface area contributed by atoms with Gasteiger partial charge in [-0.15, -0.1) is 0 Å². The summed E-state index contributed by atoms with van der Waals surface area (Å²) in [5, 5.41) is 5.43. The maximum Gasteiger partial charge on any atom is 0.408 e. The molecule has 0 aromatic heterocycles. The smallest absolute Gasteiger partial charge is 0.408 e. The first-order valence-electron chi connectivity index (χ1n) is 10.5. The molecular weight excluding hydrogens is 400 g/mol. The lowest BCUT2D eigenvalue weighted by molar-refractivity contribution is -0.148. The van der Waals surface area contributed by atoms with E-state index in [9.17, 15) is 14.4 Å². The quantitative estimate of drug-likeness (QED) is 0.317. The van der Waals surface area contributed by atoms with Crippen LogP contribution >= 0.6 is 0 Å². The van der Waals surface area contributed by atoms with E-state index in [1.807, 2.05) is 26.9 Å². The molecule has 0 heterocycles. The Balaban J connectivity index is 5.85. The van der Waals surface area contributed by atoms with Crippen molar-refractivity contribution < 1.29 is 23.9 Å². The maximum absolute atomic E-state index is 13.4. The highest BCUT2D eigenvalue weighted by atomic mass is 28.3. The van der Waals surface area contributed by atoms with E-state index >= 15 is 0 Å². The van der Waals surface area contributed by atoms with Crippen LogP contribution in [0.25, 0.3) is 0 Å². The van der Waals surface area contributed by atoms with Crippen LogP contribution in [0.2, 0.25) is 18.1 Å². The molecule has 0 rings (SSSR count). The van der Waals surface area contributed by atoms with Gasteiger partial charge in [-0.3, -0.25) is 4.79 Å². The largest absolute Gasteiger partial charge is 0.460 e. The molecule has 0 saturated carbocycles. The Hall–Kier alpha value is -1.83. The zero-order valence-corrected chi connectivity index (χ0v) is 21.5. The summed E-state index contributed by atoms with van der Waals surface area (Å²) in [4.78, 5) is 38.4. The Morgan fingerprint density at radius 3 is 2.00 bits per heavy atom. The molecule has 174 valence electrons. The molecular formula is C22H42N2O5Si. The molecule has 3 atom stereocenters. The van der Waals surface area contributed by atoms with E-state index in [2.05, 4.69) is 38.0 Å². The van der Waals surface area contributed by atoms with Crippen molar-refractivity contribution in [2.24, 2.45) is 5.92 Å². The van der Waals surface area contributed by atoms with Crippen molar-refractivity contribution >= 4 is 26.0 Å². The van der Waals surface area contributed by atoms with Crippen LogP contribution < -0.4 is 10.6 Å². The van der Waals surface area contributed by atoms with Gasteiger partial charge in [-0.1, -0.05) is 66.8 Å². The fraction of sp³-hybridized carbons (Fsp3) is 0.773.